The van der Waals surface area contributed by atoms with Gasteiger partial charge in [0.25, 0.3) is 0 Å². The van der Waals surface area contributed by atoms with Crippen LogP contribution in [0.2, 0.25) is 0 Å². The average Bonchev–Trinajstić information content (AvgIpc) is 2.94. The normalized spacial score (nSPS) is 20.1. The van der Waals surface area contributed by atoms with E-state index in [1.807, 2.05) is 30.3 Å². The van der Waals surface area contributed by atoms with Crippen molar-refractivity contribution >= 4 is 11.5 Å². The van der Waals surface area contributed by atoms with Gasteiger partial charge in [-0.15, -0.1) is 0 Å². The highest BCUT2D eigenvalue weighted by Gasteiger charge is 2.49. The summed E-state index contributed by atoms with van der Waals surface area (Å²) >= 11 is 0. The Morgan fingerprint density at radius 2 is 1.83 bits per heavy atom. The summed E-state index contributed by atoms with van der Waals surface area (Å²) in [6, 6.07) is 13.8. The van der Waals surface area contributed by atoms with Gasteiger partial charge >= 0.3 is 5.79 Å². The Kier molecular flexibility index (Phi) is 3.80. The van der Waals surface area contributed by atoms with Crippen LogP contribution in [0.4, 0.5) is 0 Å². The number of rotatable bonds is 4. The van der Waals surface area contributed by atoms with Gasteiger partial charge in [0.15, 0.2) is 0 Å². The first-order chi connectivity index (χ1) is 11.1. The quantitative estimate of drug-likeness (QED) is 0.940. The third-order valence-corrected chi connectivity index (χ3v) is 3.74. The molecule has 1 atom stereocenters. The lowest BCUT2D eigenvalue weighted by atomic mass is 10.0. The minimum absolute atomic E-state index is 0.108. The number of ether oxygens (including phenoxy) is 3. The van der Waals surface area contributed by atoms with Gasteiger partial charge in [-0.25, -0.2) is 0 Å². The van der Waals surface area contributed by atoms with Crippen LogP contribution in [0.25, 0.3) is 5.76 Å². The number of carbonyl (C=O) groups excluding carboxylic acids is 1. The van der Waals surface area contributed by atoms with Crippen molar-refractivity contribution in [3.63, 3.8) is 0 Å². The molecule has 0 aliphatic carbocycles. The molecule has 0 aromatic heterocycles. The monoisotopic (exact) mass is 312 g/mol. The zero-order valence-electron chi connectivity index (χ0n) is 12.8. The molecule has 23 heavy (non-hydrogen) atoms. The summed E-state index contributed by atoms with van der Waals surface area (Å²) in [5.41, 5.74) is 0.952. The molecule has 0 bridgehead atoms. The van der Waals surface area contributed by atoms with E-state index in [1.165, 1.54) is 32.4 Å². The fourth-order valence-corrected chi connectivity index (χ4v) is 2.54. The maximum absolute atomic E-state index is 12.6. The van der Waals surface area contributed by atoms with E-state index in [2.05, 4.69) is 0 Å². The van der Waals surface area contributed by atoms with Gasteiger partial charge in [0, 0.05) is 18.7 Å². The minimum Gasteiger partial charge on any atom is -0.507 e. The van der Waals surface area contributed by atoms with Crippen molar-refractivity contribution in [3.8, 4) is 11.5 Å². The molecule has 2 aromatic carbocycles. The smallest absolute Gasteiger partial charge is 0.305 e. The summed E-state index contributed by atoms with van der Waals surface area (Å²) < 4.78 is 16.4. The summed E-state index contributed by atoms with van der Waals surface area (Å²) in [4.78, 5) is 12.6. The van der Waals surface area contributed by atoms with Crippen molar-refractivity contribution in [2.45, 2.75) is 5.79 Å². The Labute approximate surface area is 133 Å². The number of ketones is 1. The Balaban J connectivity index is 2.06. The van der Waals surface area contributed by atoms with E-state index in [9.17, 15) is 9.90 Å². The second-order valence-electron chi connectivity index (χ2n) is 5.04. The standard InChI is InChI=1S/C18H16O5/c1-21-13-8-9-15(19)14(10-13)18(22-2)17(20)11-16(23-18)12-6-4-3-5-7-12/h3-11,19H,1-2H3. The van der Waals surface area contributed by atoms with Gasteiger partial charge in [-0.2, -0.15) is 0 Å². The molecular weight excluding hydrogens is 296 g/mol. The molecule has 0 radical (unpaired) electrons. The lowest BCUT2D eigenvalue weighted by Crippen LogP contribution is -2.35. The van der Waals surface area contributed by atoms with Crippen LogP contribution in [-0.2, 0) is 20.1 Å². The van der Waals surface area contributed by atoms with Crippen LogP contribution >= 0.6 is 0 Å². The molecular formula is C18H16O5. The van der Waals surface area contributed by atoms with Gasteiger partial charge in [0.1, 0.15) is 17.3 Å². The third kappa shape index (κ3) is 2.45. The number of phenols is 1. The summed E-state index contributed by atoms with van der Waals surface area (Å²) in [5, 5.41) is 10.2. The Hall–Kier alpha value is -2.79. The lowest BCUT2D eigenvalue weighted by molar-refractivity contribution is -0.186. The fraction of sp³-hybridized carbons (Fsp3) is 0.167. The highest BCUT2D eigenvalue weighted by Crippen LogP contribution is 2.43. The summed E-state index contributed by atoms with van der Waals surface area (Å²) in [7, 11) is 2.86. The molecule has 0 saturated heterocycles. The second-order valence-corrected chi connectivity index (χ2v) is 5.04. The zero-order chi connectivity index (χ0) is 16.4. The molecule has 1 heterocycles. The molecule has 1 N–H and O–H groups in total. The SMILES string of the molecule is COc1ccc(O)c(C2(OC)OC(c3ccccc3)=CC2=O)c1. The molecule has 0 amide bonds. The Morgan fingerprint density at radius 3 is 2.48 bits per heavy atom. The largest absolute Gasteiger partial charge is 0.507 e. The van der Waals surface area contributed by atoms with Gasteiger partial charge in [-0.05, 0) is 18.2 Å². The maximum atomic E-state index is 12.6. The second kappa shape index (κ2) is 5.78. The molecule has 0 fully saturated rings. The number of methoxy groups -OCH3 is 2. The number of aromatic hydroxyl groups is 1. The summed E-state index contributed by atoms with van der Waals surface area (Å²) in [6.07, 6.45) is 1.37. The molecule has 5 heteroatoms. The molecule has 3 rings (SSSR count). The number of hydrogen-bond acceptors (Lipinski definition) is 5. The maximum Gasteiger partial charge on any atom is 0.305 e. The first kappa shape index (κ1) is 15.1. The van der Waals surface area contributed by atoms with E-state index in [1.54, 1.807) is 6.07 Å². The molecule has 0 spiro atoms. The van der Waals surface area contributed by atoms with Crippen LogP contribution in [0.5, 0.6) is 11.5 Å². The molecule has 2 aromatic rings. The van der Waals surface area contributed by atoms with Gasteiger partial charge in [-0.3, -0.25) is 4.79 Å². The van der Waals surface area contributed by atoms with Gasteiger partial charge < -0.3 is 19.3 Å². The van der Waals surface area contributed by atoms with Crippen LogP contribution in [0.1, 0.15) is 11.1 Å². The van der Waals surface area contributed by atoms with Crippen molar-refractivity contribution < 1.29 is 24.1 Å². The number of carbonyl (C=O) groups is 1. The molecule has 1 unspecified atom stereocenters. The van der Waals surface area contributed by atoms with Crippen LogP contribution in [0, 0.1) is 0 Å². The van der Waals surface area contributed by atoms with E-state index in [4.69, 9.17) is 14.2 Å². The van der Waals surface area contributed by atoms with Crippen LogP contribution in [0.3, 0.4) is 0 Å². The zero-order valence-corrected chi connectivity index (χ0v) is 12.8. The Morgan fingerprint density at radius 1 is 1.09 bits per heavy atom. The van der Waals surface area contributed by atoms with E-state index < -0.39 is 11.6 Å². The van der Waals surface area contributed by atoms with Crippen molar-refractivity contribution in [1.29, 1.82) is 0 Å². The lowest BCUT2D eigenvalue weighted by Gasteiger charge is -2.27. The van der Waals surface area contributed by atoms with E-state index >= 15 is 0 Å². The van der Waals surface area contributed by atoms with Crippen molar-refractivity contribution in [3.05, 3.63) is 65.7 Å². The molecule has 1 aliphatic heterocycles. The highest BCUT2D eigenvalue weighted by atomic mass is 16.7. The summed E-state index contributed by atoms with van der Waals surface area (Å²) in [6.45, 7) is 0. The van der Waals surface area contributed by atoms with Crippen LogP contribution in [-0.4, -0.2) is 25.1 Å². The average molecular weight is 312 g/mol. The van der Waals surface area contributed by atoms with Crippen molar-refractivity contribution in [1.82, 2.24) is 0 Å². The highest BCUT2D eigenvalue weighted by molar-refractivity contribution is 6.05. The minimum atomic E-state index is -1.72. The Bertz CT molecular complexity index is 766. The first-order valence-electron chi connectivity index (χ1n) is 7.04. The number of phenolic OH excluding ortho intramolecular Hbond substituents is 1. The third-order valence-electron chi connectivity index (χ3n) is 3.74. The summed E-state index contributed by atoms with van der Waals surface area (Å²) in [5.74, 6) is -1.35. The van der Waals surface area contributed by atoms with Crippen molar-refractivity contribution in [2.24, 2.45) is 0 Å². The predicted octanol–water partition coefficient (Wildman–Crippen LogP) is 2.84. The molecule has 5 nitrogen and oxygen atoms in total. The fourth-order valence-electron chi connectivity index (χ4n) is 2.54. The van der Waals surface area contributed by atoms with Gasteiger partial charge in [0.2, 0.25) is 5.78 Å². The van der Waals surface area contributed by atoms with Crippen LogP contribution in [0.15, 0.2) is 54.6 Å². The van der Waals surface area contributed by atoms with Crippen LogP contribution < -0.4 is 4.74 Å². The number of hydrogen-bond donors (Lipinski definition) is 1. The van der Waals surface area contributed by atoms with Gasteiger partial charge in [-0.1, -0.05) is 30.3 Å². The molecule has 1 aliphatic rings. The first-order valence-corrected chi connectivity index (χ1v) is 7.04. The number of benzene rings is 2. The topological polar surface area (TPSA) is 65.0 Å². The van der Waals surface area contributed by atoms with E-state index in [0.717, 1.165) is 5.56 Å². The molecule has 118 valence electrons. The van der Waals surface area contributed by atoms with E-state index in [-0.39, 0.29) is 11.3 Å². The van der Waals surface area contributed by atoms with E-state index in [0.29, 0.717) is 11.5 Å². The predicted molar refractivity (Wildman–Crippen MR) is 83.9 cm³/mol. The van der Waals surface area contributed by atoms with Crippen molar-refractivity contribution in [2.75, 3.05) is 14.2 Å². The van der Waals surface area contributed by atoms with Gasteiger partial charge in [0.05, 0.1) is 12.7 Å². The molecule has 0 saturated carbocycles.